The first-order chi connectivity index (χ1) is 9.75. The third-order valence-electron chi connectivity index (χ3n) is 3.48. The summed E-state index contributed by atoms with van der Waals surface area (Å²) in [6.07, 6.45) is 10.2. The fourth-order valence-electron chi connectivity index (χ4n) is 2.61. The Labute approximate surface area is 116 Å². The molecule has 2 aliphatic heterocycles. The van der Waals surface area contributed by atoms with Crippen molar-refractivity contribution in [1.82, 2.24) is 0 Å². The summed E-state index contributed by atoms with van der Waals surface area (Å²) in [6, 6.07) is 0. The van der Waals surface area contributed by atoms with E-state index in [1.807, 2.05) is 26.0 Å². The second-order valence-corrected chi connectivity index (χ2v) is 4.81. The van der Waals surface area contributed by atoms with E-state index < -0.39 is 0 Å². The summed E-state index contributed by atoms with van der Waals surface area (Å²) in [4.78, 5) is 0. The van der Waals surface area contributed by atoms with E-state index in [-0.39, 0.29) is 0 Å². The molecule has 100 valence electrons. The van der Waals surface area contributed by atoms with Crippen LogP contribution in [0.2, 0.25) is 0 Å². The highest BCUT2D eigenvalue weighted by atomic mass is 16.5. The van der Waals surface area contributed by atoms with Crippen molar-refractivity contribution in [2.45, 2.75) is 13.8 Å². The molecule has 0 saturated carbocycles. The van der Waals surface area contributed by atoms with Gasteiger partial charge in [-0.05, 0) is 37.1 Å². The predicted molar refractivity (Wildman–Crippen MR) is 71.2 cm³/mol. The van der Waals surface area contributed by atoms with Crippen LogP contribution in [-0.4, -0.2) is 0 Å². The van der Waals surface area contributed by atoms with Gasteiger partial charge in [0.2, 0.25) is 0 Å². The molecule has 2 aliphatic carbocycles. The average molecular weight is 268 g/mol. The number of rotatable bonds is 0. The molecular formula is C16H12O4. The van der Waals surface area contributed by atoms with E-state index in [2.05, 4.69) is 0 Å². The summed E-state index contributed by atoms with van der Waals surface area (Å²) in [7, 11) is 0. The molecule has 4 heteroatoms. The summed E-state index contributed by atoms with van der Waals surface area (Å²) >= 11 is 0. The average Bonchev–Trinajstić information content (AvgIpc) is 2.99. The van der Waals surface area contributed by atoms with Crippen LogP contribution in [0.3, 0.4) is 0 Å². The zero-order chi connectivity index (χ0) is 13.7. The third kappa shape index (κ3) is 1.42. The fraction of sp³-hybridized carbons (Fsp3) is 0.125. The first-order valence-corrected chi connectivity index (χ1v) is 6.33. The molecule has 20 heavy (non-hydrogen) atoms. The molecule has 0 saturated heterocycles. The van der Waals surface area contributed by atoms with Gasteiger partial charge in [0.15, 0.2) is 23.0 Å². The van der Waals surface area contributed by atoms with Crippen LogP contribution >= 0.6 is 0 Å². The lowest BCUT2D eigenvalue weighted by molar-refractivity contribution is 0.240. The maximum Gasteiger partial charge on any atom is 0.177 e. The van der Waals surface area contributed by atoms with Crippen LogP contribution in [0.15, 0.2) is 82.5 Å². The topological polar surface area (TPSA) is 36.9 Å². The Morgan fingerprint density at radius 3 is 1.30 bits per heavy atom. The van der Waals surface area contributed by atoms with Crippen molar-refractivity contribution in [3.05, 3.63) is 82.5 Å². The Hall–Kier alpha value is -2.62. The molecule has 0 aromatic heterocycles. The van der Waals surface area contributed by atoms with Crippen molar-refractivity contribution in [1.29, 1.82) is 0 Å². The van der Waals surface area contributed by atoms with Gasteiger partial charge in [-0.3, -0.25) is 0 Å². The molecule has 0 bridgehead atoms. The molecule has 0 aromatic rings. The van der Waals surface area contributed by atoms with Gasteiger partial charge in [-0.1, -0.05) is 0 Å². The summed E-state index contributed by atoms with van der Waals surface area (Å²) in [5.74, 6) is 2.94. The van der Waals surface area contributed by atoms with Crippen LogP contribution < -0.4 is 0 Å². The molecule has 0 atom stereocenters. The maximum absolute atomic E-state index is 5.61. The lowest BCUT2D eigenvalue weighted by atomic mass is 10.1. The zero-order valence-corrected chi connectivity index (χ0v) is 11.1. The third-order valence-corrected chi connectivity index (χ3v) is 3.48. The smallest absolute Gasteiger partial charge is 0.177 e. The van der Waals surface area contributed by atoms with Gasteiger partial charge < -0.3 is 18.9 Å². The van der Waals surface area contributed by atoms with Gasteiger partial charge in [-0.2, -0.15) is 0 Å². The van der Waals surface area contributed by atoms with Gasteiger partial charge in [0.05, 0.1) is 0 Å². The standard InChI is InChI=1S/C16H12O4/c1-9-7-11(15-13(9)17-3-5-19-15)12-8-10(2)14-16(12)20-6-4-18-14/h3-8H,1-2H3/b12-11-. The van der Waals surface area contributed by atoms with Crippen molar-refractivity contribution >= 4 is 0 Å². The predicted octanol–water partition coefficient (Wildman–Crippen LogP) is 3.66. The zero-order valence-electron chi connectivity index (χ0n) is 11.1. The van der Waals surface area contributed by atoms with E-state index in [9.17, 15) is 0 Å². The quantitative estimate of drug-likeness (QED) is 0.671. The monoisotopic (exact) mass is 268 g/mol. The number of hydrogen-bond acceptors (Lipinski definition) is 4. The highest BCUT2D eigenvalue weighted by Gasteiger charge is 2.32. The summed E-state index contributed by atoms with van der Waals surface area (Å²) in [5, 5.41) is 0. The second kappa shape index (κ2) is 3.93. The summed E-state index contributed by atoms with van der Waals surface area (Å²) in [5.41, 5.74) is 3.95. The molecule has 0 spiro atoms. The van der Waals surface area contributed by atoms with Gasteiger partial charge in [0, 0.05) is 11.1 Å². The van der Waals surface area contributed by atoms with Crippen molar-refractivity contribution in [2.75, 3.05) is 0 Å². The van der Waals surface area contributed by atoms with Gasteiger partial charge >= 0.3 is 0 Å². The SMILES string of the molecule is CC1=C/C(=C2\C=C(C)C3=C2OC=CO3)C2=C1OC=CO2. The van der Waals surface area contributed by atoms with Gasteiger partial charge in [-0.15, -0.1) is 0 Å². The minimum Gasteiger partial charge on any atom is -0.458 e. The van der Waals surface area contributed by atoms with Gasteiger partial charge in [0.25, 0.3) is 0 Å². The molecule has 0 N–H and O–H groups in total. The van der Waals surface area contributed by atoms with E-state index in [4.69, 9.17) is 18.9 Å². The highest BCUT2D eigenvalue weighted by molar-refractivity contribution is 5.66. The Morgan fingerprint density at radius 1 is 0.550 bits per heavy atom. The minimum absolute atomic E-state index is 0.718. The summed E-state index contributed by atoms with van der Waals surface area (Å²) in [6.45, 7) is 3.98. The van der Waals surface area contributed by atoms with Crippen LogP contribution in [0.4, 0.5) is 0 Å². The molecule has 0 aromatic carbocycles. The lowest BCUT2D eigenvalue weighted by Gasteiger charge is -2.16. The molecule has 0 radical (unpaired) electrons. The largest absolute Gasteiger partial charge is 0.458 e. The normalized spacial score (nSPS) is 26.3. The first-order valence-electron chi connectivity index (χ1n) is 6.33. The van der Waals surface area contributed by atoms with Crippen LogP contribution in [0.25, 0.3) is 0 Å². The second-order valence-electron chi connectivity index (χ2n) is 4.81. The van der Waals surface area contributed by atoms with E-state index >= 15 is 0 Å². The Balaban J connectivity index is 1.89. The Kier molecular flexibility index (Phi) is 2.21. The van der Waals surface area contributed by atoms with E-state index in [0.717, 1.165) is 45.3 Å². The molecule has 4 nitrogen and oxygen atoms in total. The molecule has 4 rings (SSSR count). The van der Waals surface area contributed by atoms with E-state index in [1.165, 1.54) is 25.0 Å². The Morgan fingerprint density at radius 2 is 0.900 bits per heavy atom. The van der Waals surface area contributed by atoms with Gasteiger partial charge in [-0.25, -0.2) is 0 Å². The van der Waals surface area contributed by atoms with Crippen LogP contribution in [0, 0.1) is 0 Å². The number of allylic oxidation sites excluding steroid dienone is 4. The number of ether oxygens (including phenoxy) is 4. The minimum atomic E-state index is 0.718. The van der Waals surface area contributed by atoms with Gasteiger partial charge in [0.1, 0.15) is 25.0 Å². The molecule has 0 amide bonds. The van der Waals surface area contributed by atoms with Crippen molar-refractivity contribution in [3.63, 3.8) is 0 Å². The molecule has 4 aliphatic rings. The van der Waals surface area contributed by atoms with Crippen LogP contribution in [-0.2, 0) is 18.9 Å². The maximum atomic E-state index is 5.61. The van der Waals surface area contributed by atoms with E-state index in [0.29, 0.717) is 0 Å². The molecule has 0 unspecified atom stereocenters. The van der Waals surface area contributed by atoms with Crippen molar-refractivity contribution < 1.29 is 18.9 Å². The van der Waals surface area contributed by atoms with Crippen LogP contribution in [0.1, 0.15) is 13.8 Å². The molecule has 0 fully saturated rings. The fourth-order valence-corrected chi connectivity index (χ4v) is 2.61. The number of hydrogen-bond donors (Lipinski definition) is 0. The van der Waals surface area contributed by atoms with Crippen LogP contribution in [0.5, 0.6) is 0 Å². The van der Waals surface area contributed by atoms with Crippen molar-refractivity contribution in [3.8, 4) is 0 Å². The van der Waals surface area contributed by atoms with E-state index in [1.54, 1.807) is 0 Å². The molecule has 2 heterocycles. The first kappa shape index (κ1) is 11.2. The summed E-state index contributed by atoms with van der Waals surface area (Å²) < 4.78 is 22.3. The van der Waals surface area contributed by atoms with Crippen molar-refractivity contribution in [2.24, 2.45) is 0 Å². The molecular weight excluding hydrogens is 256 g/mol. The Bertz CT molecular complexity index is 662. The lowest BCUT2D eigenvalue weighted by Crippen LogP contribution is -2.02. The highest BCUT2D eigenvalue weighted by Crippen LogP contribution is 2.43.